The van der Waals surface area contributed by atoms with E-state index in [1.807, 2.05) is 13.8 Å². The third kappa shape index (κ3) is 5.34. The lowest BCUT2D eigenvalue weighted by Gasteiger charge is -2.29. The van der Waals surface area contributed by atoms with Crippen molar-refractivity contribution in [1.29, 1.82) is 0 Å². The summed E-state index contributed by atoms with van der Waals surface area (Å²) >= 11 is 0. The minimum absolute atomic E-state index is 0.0748. The average molecular weight is 241 g/mol. The summed E-state index contributed by atoms with van der Waals surface area (Å²) in [5.74, 6) is -1.05. The van der Waals surface area contributed by atoms with Crippen LogP contribution in [-0.4, -0.2) is 30.3 Å². The highest BCUT2D eigenvalue weighted by Crippen LogP contribution is 2.25. The molecule has 1 amide bonds. The van der Waals surface area contributed by atoms with Gasteiger partial charge in [-0.1, -0.05) is 13.8 Å². The maximum Gasteiger partial charge on any atom is 0.397 e. The summed E-state index contributed by atoms with van der Waals surface area (Å²) in [6.07, 6.45) is -4.75. The molecule has 0 bridgehead atoms. The van der Waals surface area contributed by atoms with Gasteiger partial charge in [-0.15, -0.1) is 0 Å². The number of carbonyl (C=O) groups excluding carboxylic acids is 1. The maximum atomic E-state index is 11.9. The average Bonchev–Trinajstić information content (AvgIpc) is 2.18. The second kappa shape index (κ2) is 6.08. The summed E-state index contributed by atoms with van der Waals surface area (Å²) in [7, 11) is 0. The highest BCUT2D eigenvalue weighted by molar-refractivity contribution is 5.76. The molecule has 16 heavy (non-hydrogen) atoms. The molecule has 0 spiro atoms. The number of hydrogen-bond donors (Lipinski definition) is 2. The van der Waals surface area contributed by atoms with Crippen molar-refractivity contribution < 1.29 is 23.1 Å². The van der Waals surface area contributed by atoms with Crippen LogP contribution < -0.4 is 5.32 Å². The Bertz CT molecular complexity index is 216. The van der Waals surface area contributed by atoms with Crippen LogP contribution in [0, 0.1) is 5.41 Å². The van der Waals surface area contributed by atoms with Crippen molar-refractivity contribution in [3.8, 4) is 0 Å². The van der Waals surface area contributed by atoms with Gasteiger partial charge in [-0.3, -0.25) is 4.79 Å². The van der Waals surface area contributed by atoms with Crippen LogP contribution in [0.25, 0.3) is 0 Å². The molecule has 96 valence electrons. The zero-order valence-corrected chi connectivity index (χ0v) is 9.52. The molecule has 3 nitrogen and oxygen atoms in total. The standard InChI is InChI=1S/C10H18F3NO2/c1-3-9(4-2,7-15)6-14-8(16)5-10(11,12)13/h15H,3-7H2,1-2H3,(H,14,16). The molecule has 0 aromatic rings. The van der Waals surface area contributed by atoms with E-state index in [1.54, 1.807) is 0 Å². The number of carbonyl (C=O) groups is 1. The summed E-state index contributed by atoms with van der Waals surface area (Å²) < 4.78 is 35.6. The first kappa shape index (κ1) is 15.2. The third-order valence-electron chi connectivity index (χ3n) is 2.86. The molecule has 0 atom stereocenters. The number of halogens is 3. The molecule has 0 heterocycles. The van der Waals surface area contributed by atoms with E-state index >= 15 is 0 Å². The van der Waals surface area contributed by atoms with Crippen LogP contribution in [0.5, 0.6) is 0 Å². The number of aliphatic hydroxyl groups excluding tert-OH is 1. The molecular weight excluding hydrogens is 223 g/mol. The Morgan fingerprint density at radius 2 is 1.75 bits per heavy atom. The monoisotopic (exact) mass is 241 g/mol. The number of amides is 1. The summed E-state index contributed by atoms with van der Waals surface area (Å²) in [5, 5.41) is 11.4. The Balaban J connectivity index is 4.17. The molecule has 0 aliphatic heterocycles. The molecule has 0 radical (unpaired) electrons. The highest BCUT2D eigenvalue weighted by atomic mass is 19.4. The van der Waals surface area contributed by atoms with Crippen molar-refractivity contribution in [3.63, 3.8) is 0 Å². The number of nitrogens with one attached hydrogen (secondary N) is 1. The molecule has 0 aliphatic rings. The van der Waals surface area contributed by atoms with Crippen molar-refractivity contribution in [2.75, 3.05) is 13.2 Å². The number of hydrogen-bond acceptors (Lipinski definition) is 2. The zero-order chi connectivity index (χ0) is 12.8. The molecule has 0 saturated heterocycles. The fourth-order valence-corrected chi connectivity index (χ4v) is 1.31. The molecule has 6 heteroatoms. The maximum absolute atomic E-state index is 11.9. The van der Waals surface area contributed by atoms with Crippen molar-refractivity contribution in [1.82, 2.24) is 5.32 Å². The normalized spacial score (nSPS) is 12.6. The predicted octanol–water partition coefficient (Wildman–Crippen LogP) is 1.85. The summed E-state index contributed by atoms with van der Waals surface area (Å²) in [6.45, 7) is 3.59. The van der Waals surface area contributed by atoms with E-state index in [9.17, 15) is 18.0 Å². The smallest absolute Gasteiger partial charge is 0.396 e. The fourth-order valence-electron chi connectivity index (χ4n) is 1.31. The molecule has 0 saturated carbocycles. The van der Waals surface area contributed by atoms with Gasteiger partial charge in [-0.2, -0.15) is 13.2 Å². The van der Waals surface area contributed by atoms with Gasteiger partial charge >= 0.3 is 6.18 Å². The minimum atomic E-state index is -4.48. The summed E-state index contributed by atoms with van der Waals surface area (Å²) in [6, 6.07) is 0. The van der Waals surface area contributed by atoms with Crippen LogP contribution in [0.15, 0.2) is 0 Å². The molecule has 0 fully saturated rings. The molecule has 0 aliphatic carbocycles. The van der Waals surface area contributed by atoms with Gasteiger partial charge < -0.3 is 10.4 Å². The lowest BCUT2D eigenvalue weighted by molar-refractivity contribution is -0.154. The van der Waals surface area contributed by atoms with Gasteiger partial charge in [0.05, 0.1) is 6.61 Å². The van der Waals surface area contributed by atoms with E-state index in [1.165, 1.54) is 0 Å². The lowest BCUT2D eigenvalue weighted by Crippen LogP contribution is -2.40. The first-order valence-electron chi connectivity index (χ1n) is 5.23. The zero-order valence-electron chi connectivity index (χ0n) is 9.52. The van der Waals surface area contributed by atoms with E-state index < -0.39 is 23.9 Å². The van der Waals surface area contributed by atoms with Crippen molar-refractivity contribution in [2.24, 2.45) is 5.41 Å². The Morgan fingerprint density at radius 1 is 1.25 bits per heavy atom. The van der Waals surface area contributed by atoms with E-state index in [4.69, 9.17) is 5.11 Å². The second-order valence-corrected chi connectivity index (χ2v) is 3.93. The minimum Gasteiger partial charge on any atom is -0.396 e. The van der Waals surface area contributed by atoms with Crippen LogP contribution >= 0.6 is 0 Å². The molecule has 0 aromatic carbocycles. The number of aliphatic hydroxyl groups is 1. The number of rotatable bonds is 6. The SMILES string of the molecule is CCC(CC)(CO)CNC(=O)CC(F)(F)F. The van der Waals surface area contributed by atoms with Crippen molar-refractivity contribution in [3.05, 3.63) is 0 Å². The Hall–Kier alpha value is -0.780. The molecule has 0 aromatic heterocycles. The molecule has 2 N–H and O–H groups in total. The van der Waals surface area contributed by atoms with Gasteiger partial charge in [0.1, 0.15) is 6.42 Å². The summed E-state index contributed by atoms with van der Waals surface area (Å²) in [5.41, 5.74) is -0.513. The molecular formula is C10H18F3NO2. The Morgan fingerprint density at radius 3 is 2.06 bits per heavy atom. The summed E-state index contributed by atoms with van der Waals surface area (Å²) in [4.78, 5) is 10.9. The quantitative estimate of drug-likeness (QED) is 0.745. The second-order valence-electron chi connectivity index (χ2n) is 3.93. The number of alkyl halides is 3. The van der Waals surface area contributed by atoms with Gasteiger partial charge in [0, 0.05) is 12.0 Å². The van der Waals surface area contributed by atoms with Gasteiger partial charge in [0.25, 0.3) is 0 Å². The van der Waals surface area contributed by atoms with Gasteiger partial charge in [-0.05, 0) is 12.8 Å². The van der Waals surface area contributed by atoms with Gasteiger partial charge in [0.2, 0.25) is 5.91 Å². The van der Waals surface area contributed by atoms with E-state index in [0.29, 0.717) is 12.8 Å². The first-order valence-corrected chi connectivity index (χ1v) is 5.23. The predicted molar refractivity (Wildman–Crippen MR) is 53.8 cm³/mol. The van der Waals surface area contributed by atoms with E-state index in [-0.39, 0.29) is 13.2 Å². The van der Waals surface area contributed by atoms with Crippen molar-refractivity contribution in [2.45, 2.75) is 39.3 Å². The van der Waals surface area contributed by atoms with Gasteiger partial charge in [0.15, 0.2) is 0 Å². The Kier molecular flexibility index (Phi) is 5.78. The largest absolute Gasteiger partial charge is 0.397 e. The van der Waals surface area contributed by atoms with Crippen LogP contribution in [-0.2, 0) is 4.79 Å². The first-order chi connectivity index (χ1) is 7.28. The van der Waals surface area contributed by atoms with Crippen LogP contribution in [0.4, 0.5) is 13.2 Å². The fraction of sp³-hybridized carbons (Fsp3) is 0.900. The van der Waals surface area contributed by atoms with Crippen LogP contribution in [0.2, 0.25) is 0 Å². The highest BCUT2D eigenvalue weighted by Gasteiger charge is 2.32. The van der Waals surface area contributed by atoms with E-state index in [0.717, 1.165) is 0 Å². The van der Waals surface area contributed by atoms with E-state index in [2.05, 4.69) is 5.32 Å². The van der Waals surface area contributed by atoms with Gasteiger partial charge in [-0.25, -0.2) is 0 Å². The molecule has 0 unspecified atom stereocenters. The lowest BCUT2D eigenvalue weighted by atomic mass is 9.83. The van der Waals surface area contributed by atoms with Crippen LogP contribution in [0.1, 0.15) is 33.1 Å². The molecule has 0 rings (SSSR count). The van der Waals surface area contributed by atoms with Crippen LogP contribution in [0.3, 0.4) is 0 Å². The van der Waals surface area contributed by atoms with Crippen molar-refractivity contribution >= 4 is 5.91 Å². The Labute approximate surface area is 93.0 Å². The third-order valence-corrected chi connectivity index (χ3v) is 2.86. The topological polar surface area (TPSA) is 49.3 Å².